The van der Waals surface area contributed by atoms with Crippen molar-refractivity contribution in [3.8, 4) is 0 Å². The largest absolute Gasteiger partial charge is 0.382 e. The zero-order valence-electron chi connectivity index (χ0n) is 12.7. The molecule has 6 nitrogen and oxygen atoms in total. The van der Waals surface area contributed by atoms with E-state index in [0.29, 0.717) is 25.7 Å². The molecule has 0 rings (SSSR count). The number of methoxy groups -OCH3 is 1. The maximum absolute atomic E-state index is 5.72. The van der Waals surface area contributed by atoms with Gasteiger partial charge in [0.15, 0.2) is 5.96 Å². The molecule has 0 aliphatic rings. The summed E-state index contributed by atoms with van der Waals surface area (Å²) >= 11 is 0. The molecule has 0 amide bonds. The SMILES string of the molecule is CCOCCCN=C(N)NCCCCOCCOC.I. The molecule has 20 heavy (non-hydrogen) atoms. The molecule has 0 spiro atoms. The molecule has 0 aromatic rings. The maximum Gasteiger partial charge on any atom is 0.188 e. The van der Waals surface area contributed by atoms with Gasteiger partial charge >= 0.3 is 0 Å². The summed E-state index contributed by atoms with van der Waals surface area (Å²) in [6, 6.07) is 0. The van der Waals surface area contributed by atoms with Crippen LogP contribution in [0.15, 0.2) is 4.99 Å². The molecule has 7 heteroatoms. The first kappa shape index (κ1) is 22.2. The quantitative estimate of drug-likeness (QED) is 0.210. The lowest BCUT2D eigenvalue weighted by atomic mass is 10.3. The molecule has 0 radical (unpaired) electrons. The Morgan fingerprint density at radius 3 is 2.50 bits per heavy atom. The smallest absolute Gasteiger partial charge is 0.188 e. The van der Waals surface area contributed by atoms with Gasteiger partial charge in [0.05, 0.1) is 13.2 Å². The fourth-order valence-corrected chi connectivity index (χ4v) is 1.36. The van der Waals surface area contributed by atoms with E-state index in [1.165, 1.54) is 0 Å². The second-order valence-electron chi connectivity index (χ2n) is 4.06. The lowest BCUT2D eigenvalue weighted by Crippen LogP contribution is -2.32. The molecular weight excluding hydrogens is 373 g/mol. The van der Waals surface area contributed by atoms with E-state index in [1.807, 2.05) is 6.92 Å². The third-order valence-electron chi connectivity index (χ3n) is 2.39. The van der Waals surface area contributed by atoms with E-state index in [2.05, 4.69) is 10.3 Å². The topological polar surface area (TPSA) is 78.1 Å². The van der Waals surface area contributed by atoms with Gasteiger partial charge in [-0.15, -0.1) is 24.0 Å². The molecule has 0 aliphatic carbocycles. The van der Waals surface area contributed by atoms with Crippen LogP contribution in [0.4, 0.5) is 0 Å². The summed E-state index contributed by atoms with van der Waals surface area (Å²) in [6.45, 7) is 7.09. The Balaban J connectivity index is 0. The second-order valence-corrected chi connectivity index (χ2v) is 4.06. The van der Waals surface area contributed by atoms with Crippen LogP contribution in [0.3, 0.4) is 0 Å². The molecule has 0 saturated heterocycles. The number of rotatable bonds is 13. The fraction of sp³-hybridized carbons (Fsp3) is 0.923. The van der Waals surface area contributed by atoms with Crippen molar-refractivity contribution in [2.75, 3.05) is 53.2 Å². The summed E-state index contributed by atoms with van der Waals surface area (Å²) in [5, 5.41) is 3.08. The van der Waals surface area contributed by atoms with Crippen LogP contribution in [0.5, 0.6) is 0 Å². The van der Waals surface area contributed by atoms with Crippen molar-refractivity contribution >= 4 is 29.9 Å². The fourth-order valence-electron chi connectivity index (χ4n) is 1.36. The molecule has 0 heterocycles. The van der Waals surface area contributed by atoms with Crippen LogP contribution in [-0.4, -0.2) is 59.2 Å². The summed E-state index contributed by atoms with van der Waals surface area (Å²) in [5.74, 6) is 0.511. The molecule has 0 aromatic carbocycles. The van der Waals surface area contributed by atoms with E-state index in [0.717, 1.165) is 45.6 Å². The number of guanidine groups is 1. The molecule has 0 aliphatic heterocycles. The highest BCUT2D eigenvalue weighted by Gasteiger charge is 1.93. The van der Waals surface area contributed by atoms with E-state index in [9.17, 15) is 0 Å². The van der Waals surface area contributed by atoms with E-state index < -0.39 is 0 Å². The van der Waals surface area contributed by atoms with Crippen molar-refractivity contribution in [2.24, 2.45) is 10.7 Å². The van der Waals surface area contributed by atoms with Gasteiger partial charge in [-0.1, -0.05) is 0 Å². The summed E-state index contributed by atoms with van der Waals surface area (Å²) in [5.41, 5.74) is 5.72. The molecular formula is C13H30IN3O3. The first-order chi connectivity index (χ1) is 9.31. The van der Waals surface area contributed by atoms with Gasteiger partial charge in [0.1, 0.15) is 0 Å². The number of nitrogens with two attached hydrogens (primary N) is 1. The average molecular weight is 403 g/mol. The van der Waals surface area contributed by atoms with Crippen molar-refractivity contribution < 1.29 is 14.2 Å². The van der Waals surface area contributed by atoms with E-state index >= 15 is 0 Å². The van der Waals surface area contributed by atoms with E-state index in [1.54, 1.807) is 7.11 Å². The van der Waals surface area contributed by atoms with Gasteiger partial charge in [-0.2, -0.15) is 0 Å². The van der Waals surface area contributed by atoms with Crippen LogP contribution in [-0.2, 0) is 14.2 Å². The summed E-state index contributed by atoms with van der Waals surface area (Å²) in [6.07, 6.45) is 2.93. The maximum atomic E-state index is 5.72. The Hall–Kier alpha value is -0.120. The third kappa shape index (κ3) is 17.9. The number of hydrogen-bond acceptors (Lipinski definition) is 4. The lowest BCUT2D eigenvalue weighted by molar-refractivity contribution is 0.0689. The van der Waals surface area contributed by atoms with Crippen LogP contribution < -0.4 is 11.1 Å². The van der Waals surface area contributed by atoms with Crippen LogP contribution in [0.2, 0.25) is 0 Å². The minimum atomic E-state index is 0. The number of hydrogen-bond donors (Lipinski definition) is 2. The number of aliphatic imine (C=N–C) groups is 1. The van der Waals surface area contributed by atoms with Gasteiger partial charge < -0.3 is 25.3 Å². The number of nitrogens with zero attached hydrogens (tertiary/aromatic N) is 1. The summed E-state index contributed by atoms with van der Waals surface area (Å²) in [4.78, 5) is 4.21. The van der Waals surface area contributed by atoms with Crippen molar-refractivity contribution in [2.45, 2.75) is 26.2 Å². The Labute approximate surface area is 139 Å². The molecule has 0 saturated carbocycles. The van der Waals surface area contributed by atoms with Crippen molar-refractivity contribution in [1.82, 2.24) is 5.32 Å². The molecule has 3 N–H and O–H groups in total. The monoisotopic (exact) mass is 403 g/mol. The van der Waals surface area contributed by atoms with Crippen molar-refractivity contribution in [3.63, 3.8) is 0 Å². The standard InChI is InChI=1S/C13H29N3O3.HI/c1-3-18-10-6-8-16-13(14)15-7-4-5-9-19-12-11-17-2;/h3-12H2,1-2H3,(H3,14,15,16);1H. The number of halogens is 1. The van der Waals surface area contributed by atoms with Gasteiger partial charge in [0.2, 0.25) is 0 Å². The van der Waals surface area contributed by atoms with Gasteiger partial charge in [-0.25, -0.2) is 0 Å². The number of unbranched alkanes of at least 4 members (excludes halogenated alkanes) is 1. The van der Waals surface area contributed by atoms with Crippen molar-refractivity contribution in [3.05, 3.63) is 0 Å². The van der Waals surface area contributed by atoms with Crippen molar-refractivity contribution in [1.29, 1.82) is 0 Å². The van der Waals surface area contributed by atoms with Crippen LogP contribution in [0.25, 0.3) is 0 Å². The van der Waals surface area contributed by atoms with Gasteiger partial charge in [-0.05, 0) is 26.2 Å². The molecule has 0 bridgehead atoms. The van der Waals surface area contributed by atoms with Gasteiger partial charge in [-0.3, -0.25) is 4.99 Å². The van der Waals surface area contributed by atoms with Gasteiger partial charge in [0, 0.05) is 40.0 Å². The third-order valence-corrected chi connectivity index (χ3v) is 2.39. The highest BCUT2D eigenvalue weighted by molar-refractivity contribution is 14.0. The highest BCUT2D eigenvalue weighted by atomic mass is 127. The summed E-state index contributed by atoms with van der Waals surface area (Å²) in [7, 11) is 1.67. The predicted molar refractivity (Wildman–Crippen MR) is 92.9 cm³/mol. The Morgan fingerprint density at radius 2 is 1.80 bits per heavy atom. The Bertz CT molecular complexity index is 219. The summed E-state index contributed by atoms with van der Waals surface area (Å²) < 4.78 is 15.5. The Kier molecular flexibility index (Phi) is 20.9. The van der Waals surface area contributed by atoms with Crippen LogP contribution in [0.1, 0.15) is 26.2 Å². The zero-order chi connectivity index (χ0) is 14.2. The molecule has 122 valence electrons. The molecule has 0 atom stereocenters. The average Bonchev–Trinajstić information content (AvgIpc) is 2.41. The highest BCUT2D eigenvalue weighted by Crippen LogP contribution is 1.89. The number of nitrogens with one attached hydrogen (secondary N) is 1. The minimum Gasteiger partial charge on any atom is -0.382 e. The minimum absolute atomic E-state index is 0. The Morgan fingerprint density at radius 1 is 1.05 bits per heavy atom. The van der Waals surface area contributed by atoms with Crippen LogP contribution >= 0.6 is 24.0 Å². The first-order valence-electron chi connectivity index (χ1n) is 6.99. The molecule has 0 aromatic heterocycles. The second kappa shape index (κ2) is 18.9. The first-order valence-corrected chi connectivity index (χ1v) is 6.99. The van der Waals surface area contributed by atoms with E-state index in [4.69, 9.17) is 19.9 Å². The number of ether oxygens (including phenoxy) is 3. The zero-order valence-corrected chi connectivity index (χ0v) is 15.1. The predicted octanol–water partition coefficient (Wildman–Crippen LogP) is 1.38. The van der Waals surface area contributed by atoms with E-state index in [-0.39, 0.29) is 24.0 Å². The van der Waals surface area contributed by atoms with Crippen LogP contribution in [0, 0.1) is 0 Å². The van der Waals surface area contributed by atoms with Gasteiger partial charge in [0.25, 0.3) is 0 Å². The lowest BCUT2D eigenvalue weighted by Gasteiger charge is -2.06. The molecule has 0 unspecified atom stereocenters. The normalized spacial score (nSPS) is 11.2. The molecule has 0 fully saturated rings.